The molecule has 0 aliphatic carbocycles. The third-order valence-electron chi connectivity index (χ3n) is 4.49. The first-order valence-corrected chi connectivity index (χ1v) is 10.9. The molecule has 0 aliphatic heterocycles. The van der Waals surface area contributed by atoms with Crippen molar-refractivity contribution in [1.29, 1.82) is 0 Å². The van der Waals surface area contributed by atoms with E-state index in [0.717, 1.165) is 40.2 Å². The molecule has 0 fully saturated rings. The Hall–Kier alpha value is -2.93. The fourth-order valence-corrected chi connectivity index (χ4v) is 3.76. The van der Waals surface area contributed by atoms with Gasteiger partial charge in [-0.05, 0) is 56.2 Å². The molecule has 7 heteroatoms. The molecule has 0 bridgehead atoms. The molecular formula is C23H27N5OS. The molecule has 0 atom stereocenters. The number of nitrogens with zero attached hydrogens (tertiary/aromatic N) is 4. The minimum absolute atomic E-state index is 0.0620. The van der Waals surface area contributed by atoms with Crippen LogP contribution >= 0.6 is 11.8 Å². The first-order chi connectivity index (χ1) is 14.4. The van der Waals surface area contributed by atoms with Gasteiger partial charge in [0.25, 0.3) is 0 Å². The summed E-state index contributed by atoms with van der Waals surface area (Å²) in [6, 6.07) is 16.9. The maximum absolute atomic E-state index is 12.4. The number of anilines is 1. The first kappa shape index (κ1) is 21.8. The van der Waals surface area contributed by atoms with Gasteiger partial charge in [0, 0.05) is 17.9 Å². The standard InChI is InChI=1S/C23H27N5OS/c1-16(2)14-28-18(4)17(3)24-23(28)30-15-22(29)25-19-10-12-21(13-11-19)27-26-20-8-6-5-7-9-20/h5-13,16H,14-15H2,1-4H3,(H,25,29). The number of carbonyl (C=O) groups excluding carboxylic acids is 1. The summed E-state index contributed by atoms with van der Waals surface area (Å²) in [7, 11) is 0. The van der Waals surface area contributed by atoms with Crippen LogP contribution in [0.1, 0.15) is 25.2 Å². The van der Waals surface area contributed by atoms with Crippen molar-refractivity contribution < 1.29 is 4.79 Å². The normalized spacial score (nSPS) is 11.4. The lowest BCUT2D eigenvalue weighted by molar-refractivity contribution is -0.113. The van der Waals surface area contributed by atoms with Crippen LogP contribution in [0.15, 0.2) is 70.0 Å². The van der Waals surface area contributed by atoms with Crippen LogP contribution in [-0.4, -0.2) is 21.2 Å². The number of hydrogen-bond donors (Lipinski definition) is 1. The van der Waals surface area contributed by atoms with E-state index in [1.807, 2.05) is 61.5 Å². The molecule has 0 spiro atoms. The van der Waals surface area contributed by atoms with Crippen molar-refractivity contribution in [3.63, 3.8) is 0 Å². The fraction of sp³-hybridized carbons (Fsp3) is 0.304. The number of rotatable bonds is 8. The van der Waals surface area contributed by atoms with E-state index >= 15 is 0 Å². The second-order valence-electron chi connectivity index (χ2n) is 7.49. The number of amides is 1. The summed E-state index contributed by atoms with van der Waals surface area (Å²) in [6.45, 7) is 9.34. The number of carbonyl (C=O) groups is 1. The van der Waals surface area contributed by atoms with Crippen LogP contribution in [-0.2, 0) is 11.3 Å². The smallest absolute Gasteiger partial charge is 0.234 e. The highest BCUT2D eigenvalue weighted by Crippen LogP contribution is 2.23. The number of thioether (sulfide) groups is 1. The average Bonchev–Trinajstić information content (AvgIpc) is 3.00. The van der Waals surface area contributed by atoms with E-state index in [9.17, 15) is 4.79 Å². The van der Waals surface area contributed by atoms with Crippen LogP contribution in [0.4, 0.5) is 17.1 Å². The molecular weight excluding hydrogens is 394 g/mol. The van der Waals surface area contributed by atoms with Gasteiger partial charge in [0.05, 0.1) is 22.8 Å². The lowest BCUT2D eigenvalue weighted by Gasteiger charge is -2.12. The molecule has 1 N–H and O–H groups in total. The van der Waals surface area contributed by atoms with Gasteiger partial charge in [0.2, 0.25) is 5.91 Å². The molecule has 1 amide bonds. The lowest BCUT2D eigenvalue weighted by Crippen LogP contribution is -2.15. The minimum atomic E-state index is -0.0620. The zero-order chi connectivity index (χ0) is 21.5. The summed E-state index contributed by atoms with van der Waals surface area (Å²) < 4.78 is 2.20. The monoisotopic (exact) mass is 421 g/mol. The Morgan fingerprint density at radius 1 is 1.03 bits per heavy atom. The summed E-state index contributed by atoms with van der Waals surface area (Å²) >= 11 is 1.47. The average molecular weight is 422 g/mol. The SMILES string of the molecule is Cc1nc(SCC(=O)Nc2ccc(N=Nc3ccccc3)cc2)n(CC(C)C)c1C. The fourth-order valence-electron chi connectivity index (χ4n) is 2.86. The molecule has 1 heterocycles. The van der Waals surface area contributed by atoms with Gasteiger partial charge in [-0.3, -0.25) is 4.79 Å². The lowest BCUT2D eigenvalue weighted by atomic mass is 10.2. The third-order valence-corrected chi connectivity index (χ3v) is 5.47. The van der Waals surface area contributed by atoms with Crippen molar-refractivity contribution in [2.45, 2.75) is 39.4 Å². The number of aryl methyl sites for hydroxylation is 1. The summed E-state index contributed by atoms with van der Waals surface area (Å²) in [5.41, 5.74) is 4.43. The van der Waals surface area contributed by atoms with Gasteiger partial charge < -0.3 is 9.88 Å². The molecule has 3 aromatic rings. The van der Waals surface area contributed by atoms with Gasteiger partial charge in [-0.1, -0.05) is 43.8 Å². The number of imidazole rings is 1. The molecule has 0 saturated heterocycles. The van der Waals surface area contributed by atoms with Crippen molar-refractivity contribution in [2.75, 3.05) is 11.1 Å². The van der Waals surface area contributed by atoms with E-state index in [4.69, 9.17) is 0 Å². The van der Waals surface area contributed by atoms with E-state index < -0.39 is 0 Å². The van der Waals surface area contributed by atoms with E-state index in [1.165, 1.54) is 11.8 Å². The minimum Gasteiger partial charge on any atom is -0.325 e. The number of benzene rings is 2. The summed E-state index contributed by atoms with van der Waals surface area (Å²) in [4.78, 5) is 17.0. The van der Waals surface area contributed by atoms with Gasteiger partial charge >= 0.3 is 0 Å². The molecule has 30 heavy (non-hydrogen) atoms. The van der Waals surface area contributed by atoms with Gasteiger partial charge in [-0.25, -0.2) is 4.98 Å². The maximum Gasteiger partial charge on any atom is 0.234 e. The molecule has 1 aromatic heterocycles. The predicted octanol–water partition coefficient (Wildman–Crippen LogP) is 6.30. The van der Waals surface area contributed by atoms with E-state index in [2.05, 4.69) is 45.9 Å². The maximum atomic E-state index is 12.4. The quantitative estimate of drug-likeness (QED) is 0.342. The number of hydrogen-bond acceptors (Lipinski definition) is 5. The van der Waals surface area contributed by atoms with Crippen molar-refractivity contribution in [1.82, 2.24) is 9.55 Å². The number of azo groups is 1. The molecule has 0 unspecified atom stereocenters. The molecule has 0 aliphatic rings. The van der Waals surface area contributed by atoms with E-state index in [0.29, 0.717) is 11.7 Å². The Morgan fingerprint density at radius 3 is 2.30 bits per heavy atom. The molecule has 6 nitrogen and oxygen atoms in total. The van der Waals surface area contributed by atoms with Crippen LogP contribution in [0.25, 0.3) is 0 Å². The van der Waals surface area contributed by atoms with Crippen molar-refractivity contribution in [3.05, 3.63) is 66.0 Å². The van der Waals surface area contributed by atoms with Crippen LogP contribution < -0.4 is 5.32 Å². The van der Waals surface area contributed by atoms with Gasteiger partial charge in [-0.2, -0.15) is 10.2 Å². The second-order valence-corrected chi connectivity index (χ2v) is 8.43. The number of nitrogens with one attached hydrogen (secondary N) is 1. The molecule has 0 saturated carbocycles. The van der Waals surface area contributed by atoms with Crippen LogP contribution in [0.3, 0.4) is 0 Å². The van der Waals surface area contributed by atoms with E-state index in [-0.39, 0.29) is 5.91 Å². The van der Waals surface area contributed by atoms with Crippen LogP contribution in [0, 0.1) is 19.8 Å². The zero-order valence-corrected chi connectivity index (χ0v) is 18.6. The first-order valence-electron chi connectivity index (χ1n) is 9.95. The Kier molecular flexibility index (Phi) is 7.41. The highest BCUT2D eigenvalue weighted by atomic mass is 32.2. The summed E-state index contributed by atoms with van der Waals surface area (Å²) in [5.74, 6) is 0.764. The van der Waals surface area contributed by atoms with Gasteiger partial charge in [0.1, 0.15) is 0 Å². The Morgan fingerprint density at radius 2 is 1.67 bits per heavy atom. The highest BCUT2D eigenvalue weighted by Gasteiger charge is 2.14. The third kappa shape index (κ3) is 6.03. The topological polar surface area (TPSA) is 71.6 Å². The van der Waals surface area contributed by atoms with Crippen molar-refractivity contribution in [3.8, 4) is 0 Å². The van der Waals surface area contributed by atoms with Crippen molar-refractivity contribution >= 4 is 34.7 Å². The Labute approximate surface area is 181 Å². The molecule has 156 valence electrons. The van der Waals surface area contributed by atoms with Crippen molar-refractivity contribution in [2.24, 2.45) is 16.1 Å². The number of aromatic nitrogens is 2. The second kappa shape index (κ2) is 10.2. The largest absolute Gasteiger partial charge is 0.325 e. The molecule has 3 rings (SSSR count). The predicted molar refractivity (Wildman–Crippen MR) is 123 cm³/mol. The zero-order valence-electron chi connectivity index (χ0n) is 17.8. The molecule has 0 radical (unpaired) electrons. The van der Waals surface area contributed by atoms with Crippen LogP contribution in [0.2, 0.25) is 0 Å². The van der Waals surface area contributed by atoms with Crippen LogP contribution in [0.5, 0.6) is 0 Å². The summed E-state index contributed by atoms with van der Waals surface area (Å²) in [5, 5.41) is 12.2. The van der Waals surface area contributed by atoms with E-state index in [1.54, 1.807) is 0 Å². The highest BCUT2D eigenvalue weighted by molar-refractivity contribution is 7.99. The Bertz CT molecular complexity index is 1010. The Balaban J connectivity index is 1.55. The van der Waals surface area contributed by atoms with Gasteiger partial charge in [-0.15, -0.1) is 0 Å². The van der Waals surface area contributed by atoms with Gasteiger partial charge in [0.15, 0.2) is 5.16 Å². The summed E-state index contributed by atoms with van der Waals surface area (Å²) in [6.07, 6.45) is 0. The molecule has 2 aromatic carbocycles.